The van der Waals surface area contributed by atoms with Gasteiger partial charge in [-0.25, -0.2) is 4.79 Å². The predicted octanol–water partition coefficient (Wildman–Crippen LogP) is 3.09. The summed E-state index contributed by atoms with van der Waals surface area (Å²) in [4.78, 5) is 25.5. The Labute approximate surface area is 159 Å². The number of fused-ring (bicyclic) bond motifs is 1. The predicted molar refractivity (Wildman–Crippen MR) is 104 cm³/mol. The first kappa shape index (κ1) is 19.2. The zero-order valence-corrected chi connectivity index (χ0v) is 16.5. The van der Waals surface area contributed by atoms with Crippen molar-refractivity contribution in [1.82, 2.24) is 14.7 Å². The van der Waals surface area contributed by atoms with Crippen LogP contribution in [0.5, 0.6) is 0 Å². The van der Waals surface area contributed by atoms with Gasteiger partial charge in [0.05, 0.1) is 11.2 Å². The minimum absolute atomic E-state index is 0.243. The molecule has 7 nitrogen and oxygen atoms in total. The van der Waals surface area contributed by atoms with Gasteiger partial charge < -0.3 is 15.4 Å². The number of amides is 2. The lowest BCUT2D eigenvalue weighted by Gasteiger charge is -2.33. The third-order valence-electron chi connectivity index (χ3n) is 4.92. The molecule has 2 N–H and O–H groups in total. The van der Waals surface area contributed by atoms with E-state index in [0.717, 1.165) is 36.0 Å². The van der Waals surface area contributed by atoms with Crippen molar-refractivity contribution >= 4 is 22.9 Å². The summed E-state index contributed by atoms with van der Waals surface area (Å²) in [5, 5.41) is 5.68. The average molecular weight is 372 g/mol. The van der Waals surface area contributed by atoms with Crippen molar-refractivity contribution in [1.29, 1.82) is 0 Å². The lowest BCUT2D eigenvalue weighted by molar-refractivity contribution is 0.0177. The zero-order chi connectivity index (χ0) is 19.8. The van der Waals surface area contributed by atoms with Gasteiger partial charge in [-0.15, -0.1) is 0 Å². The summed E-state index contributed by atoms with van der Waals surface area (Å²) in [6, 6.07) is 5.45. The monoisotopic (exact) mass is 372 g/mol. The number of nitrogens with zero attached hydrogens (tertiary/aromatic N) is 3. The normalized spacial score (nSPS) is 15.9. The number of nitrogens with two attached hydrogens (primary N) is 1. The van der Waals surface area contributed by atoms with Gasteiger partial charge in [0.1, 0.15) is 5.60 Å². The third-order valence-corrected chi connectivity index (χ3v) is 4.92. The minimum Gasteiger partial charge on any atom is -0.444 e. The zero-order valence-electron chi connectivity index (χ0n) is 16.5. The number of piperidine rings is 1. The number of carbonyl (C=O) groups excluding carboxylic acids is 2. The number of aryl methyl sites for hydroxylation is 1. The Kier molecular flexibility index (Phi) is 5.13. The van der Waals surface area contributed by atoms with Gasteiger partial charge in [0.15, 0.2) is 0 Å². The van der Waals surface area contributed by atoms with Crippen LogP contribution >= 0.6 is 0 Å². The van der Waals surface area contributed by atoms with E-state index in [9.17, 15) is 9.59 Å². The van der Waals surface area contributed by atoms with Crippen LogP contribution in [0.25, 0.3) is 10.9 Å². The average Bonchev–Trinajstić information content (AvgIpc) is 2.89. The summed E-state index contributed by atoms with van der Waals surface area (Å²) in [6.07, 6.45) is 1.55. The molecule has 1 fully saturated rings. The number of aromatic nitrogens is 2. The van der Waals surface area contributed by atoms with Gasteiger partial charge in [-0.1, -0.05) is 6.07 Å². The molecule has 0 unspecified atom stereocenters. The third kappa shape index (κ3) is 4.40. The van der Waals surface area contributed by atoms with Crippen LogP contribution < -0.4 is 5.73 Å². The highest BCUT2D eigenvalue weighted by Crippen LogP contribution is 2.25. The number of carbonyl (C=O) groups is 2. The standard InChI is InChI=1S/C20H28N4O3/c1-13-16-6-5-15(18(21)25)11-17(16)24(22-13)12-14-7-9-23(10-8-14)19(26)27-20(2,3)4/h5-6,11,14H,7-10,12H2,1-4H3,(H2,21,25). The first-order chi connectivity index (χ1) is 12.6. The lowest BCUT2D eigenvalue weighted by atomic mass is 9.97. The summed E-state index contributed by atoms with van der Waals surface area (Å²) in [7, 11) is 0. The molecule has 1 aliphatic rings. The van der Waals surface area contributed by atoms with Crippen molar-refractivity contribution < 1.29 is 14.3 Å². The molecule has 3 rings (SSSR count). The van der Waals surface area contributed by atoms with E-state index in [1.165, 1.54) is 0 Å². The van der Waals surface area contributed by atoms with Crippen LogP contribution in [0.15, 0.2) is 18.2 Å². The maximum Gasteiger partial charge on any atom is 0.410 e. The topological polar surface area (TPSA) is 90.4 Å². The number of hydrogen-bond acceptors (Lipinski definition) is 4. The van der Waals surface area contributed by atoms with Crippen molar-refractivity contribution in [2.75, 3.05) is 13.1 Å². The Morgan fingerprint density at radius 3 is 2.52 bits per heavy atom. The maximum atomic E-state index is 12.2. The smallest absolute Gasteiger partial charge is 0.410 e. The van der Waals surface area contributed by atoms with Crippen molar-refractivity contribution in [2.45, 2.75) is 52.7 Å². The van der Waals surface area contributed by atoms with Gasteiger partial charge in [0, 0.05) is 30.6 Å². The molecule has 2 heterocycles. The number of hydrogen-bond donors (Lipinski definition) is 1. The van der Waals surface area contributed by atoms with E-state index in [-0.39, 0.29) is 6.09 Å². The second-order valence-electron chi connectivity index (χ2n) is 8.27. The van der Waals surface area contributed by atoms with Crippen LogP contribution in [0.4, 0.5) is 4.79 Å². The van der Waals surface area contributed by atoms with Gasteiger partial charge >= 0.3 is 6.09 Å². The molecule has 7 heteroatoms. The fraction of sp³-hybridized carbons (Fsp3) is 0.550. The molecule has 0 bridgehead atoms. The number of likely N-dealkylation sites (tertiary alicyclic amines) is 1. The highest BCUT2D eigenvalue weighted by molar-refractivity contribution is 5.97. The summed E-state index contributed by atoms with van der Waals surface area (Å²) < 4.78 is 7.42. The highest BCUT2D eigenvalue weighted by Gasteiger charge is 2.27. The molecule has 27 heavy (non-hydrogen) atoms. The van der Waals surface area contributed by atoms with E-state index in [1.54, 1.807) is 11.0 Å². The van der Waals surface area contributed by atoms with Crippen LogP contribution in [0.2, 0.25) is 0 Å². The molecule has 1 aromatic heterocycles. The Balaban J connectivity index is 1.68. The van der Waals surface area contributed by atoms with Crippen LogP contribution in [-0.2, 0) is 11.3 Å². The summed E-state index contributed by atoms with van der Waals surface area (Å²) >= 11 is 0. The molecule has 0 saturated carbocycles. The fourth-order valence-electron chi connectivity index (χ4n) is 3.50. The summed E-state index contributed by atoms with van der Waals surface area (Å²) in [6.45, 7) is 9.73. The minimum atomic E-state index is -0.475. The largest absolute Gasteiger partial charge is 0.444 e. The lowest BCUT2D eigenvalue weighted by Crippen LogP contribution is -2.42. The van der Waals surface area contributed by atoms with Crippen molar-refractivity contribution in [2.24, 2.45) is 11.7 Å². The van der Waals surface area contributed by atoms with Crippen molar-refractivity contribution in [3.8, 4) is 0 Å². The molecule has 1 saturated heterocycles. The second-order valence-corrected chi connectivity index (χ2v) is 8.27. The van der Waals surface area contributed by atoms with Crippen molar-refractivity contribution in [3.63, 3.8) is 0 Å². The summed E-state index contributed by atoms with van der Waals surface area (Å²) in [5.41, 5.74) is 7.30. The van der Waals surface area contributed by atoms with E-state index in [1.807, 2.05) is 44.5 Å². The molecular formula is C20H28N4O3. The molecular weight excluding hydrogens is 344 g/mol. The molecule has 2 amide bonds. The van der Waals surface area contributed by atoms with Gasteiger partial charge in [-0.05, 0) is 58.6 Å². The number of ether oxygens (including phenoxy) is 1. The first-order valence-corrected chi connectivity index (χ1v) is 9.39. The van der Waals surface area contributed by atoms with E-state index >= 15 is 0 Å². The first-order valence-electron chi connectivity index (χ1n) is 9.39. The number of benzene rings is 1. The molecule has 1 aliphatic heterocycles. The van der Waals surface area contributed by atoms with Gasteiger partial charge in [-0.3, -0.25) is 9.48 Å². The van der Waals surface area contributed by atoms with Gasteiger partial charge in [0.25, 0.3) is 0 Å². The Morgan fingerprint density at radius 1 is 1.26 bits per heavy atom. The van der Waals surface area contributed by atoms with Crippen LogP contribution in [-0.4, -0.2) is 45.4 Å². The Bertz CT molecular complexity index is 858. The molecule has 2 aromatic rings. The Hall–Kier alpha value is -2.57. The van der Waals surface area contributed by atoms with E-state index < -0.39 is 11.5 Å². The Morgan fingerprint density at radius 2 is 1.93 bits per heavy atom. The molecule has 146 valence electrons. The van der Waals surface area contributed by atoms with Gasteiger partial charge in [-0.2, -0.15) is 5.10 Å². The van der Waals surface area contributed by atoms with E-state index in [2.05, 4.69) is 5.10 Å². The van der Waals surface area contributed by atoms with Crippen LogP contribution in [0, 0.1) is 12.8 Å². The SMILES string of the molecule is Cc1nn(CC2CCN(C(=O)OC(C)(C)C)CC2)c2cc(C(N)=O)ccc12. The van der Waals surface area contributed by atoms with Gasteiger partial charge in [0.2, 0.25) is 5.91 Å². The summed E-state index contributed by atoms with van der Waals surface area (Å²) in [5.74, 6) is -0.0172. The quantitative estimate of drug-likeness (QED) is 0.896. The van der Waals surface area contributed by atoms with E-state index in [4.69, 9.17) is 10.5 Å². The number of rotatable bonds is 3. The maximum absolute atomic E-state index is 12.2. The van der Waals surface area contributed by atoms with Crippen LogP contribution in [0.3, 0.4) is 0 Å². The van der Waals surface area contributed by atoms with Crippen molar-refractivity contribution in [3.05, 3.63) is 29.5 Å². The second kappa shape index (κ2) is 7.21. The molecule has 0 aliphatic carbocycles. The fourth-order valence-corrected chi connectivity index (χ4v) is 3.50. The molecule has 0 radical (unpaired) electrons. The molecule has 0 atom stereocenters. The van der Waals surface area contributed by atoms with Crippen LogP contribution in [0.1, 0.15) is 49.7 Å². The molecule has 0 spiro atoms. The van der Waals surface area contributed by atoms with E-state index in [0.29, 0.717) is 24.6 Å². The molecule has 1 aromatic carbocycles. The highest BCUT2D eigenvalue weighted by atomic mass is 16.6. The number of primary amides is 1.